The Hall–Kier alpha value is -3.09. The van der Waals surface area contributed by atoms with Crippen LogP contribution in [0.2, 0.25) is 0 Å². The Kier molecular flexibility index (Phi) is 6.58. The average Bonchev–Trinajstić information content (AvgIpc) is 3.20. The average molecular weight is 454 g/mol. The largest absolute Gasteiger partial charge is 0.444 e. The number of hydrogen-bond acceptors (Lipinski definition) is 3. The highest BCUT2D eigenvalue weighted by Crippen LogP contribution is 2.33. The number of nitrogens with zero attached hydrogens (tertiary/aromatic N) is 1. The molecule has 3 amide bonds. The van der Waals surface area contributed by atoms with Crippen LogP contribution < -0.4 is 10.6 Å². The van der Waals surface area contributed by atoms with Crippen molar-refractivity contribution in [3.8, 4) is 0 Å². The molecule has 0 spiro atoms. The molecule has 7 heteroatoms. The number of ether oxygens (including phenoxy) is 1. The van der Waals surface area contributed by atoms with E-state index < -0.39 is 5.60 Å². The summed E-state index contributed by atoms with van der Waals surface area (Å²) in [6.07, 6.45) is 3.45. The summed E-state index contributed by atoms with van der Waals surface area (Å²) >= 11 is 0. The second-order valence-corrected chi connectivity index (χ2v) is 9.98. The minimum absolute atomic E-state index is 0.143. The summed E-state index contributed by atoms with van der Waals surface area (Å²) in [5, 5.41) is 5.90. The van der Waals surface area contributed by atoms with Crippen molar-refractivity contribution in [3.63, 3.8) is 0 Å². The first-order valence-electron chi connectivity index (χ1n) is 11.6. The molecule has 6 nitrogen and oxygen atoms in total. The fraction of sp³-hybridized carbons (Fsp3) is 0.462. The molecule has 176 valence electrons. The molecule has 0 radical (unpaired) electrons. The molecule has 2 aromatic rings. The van der Waals surface area contributed by atoms with Gasteiger partial charge >= 0.3 is 12.1 Å². The lowest BCUT2D eigenvalue weighted by atomic mass is 9.82. The predicted molar refractivity (Wildman–Crippen MR) is 125 cm³/mol. The van der Waals surface area contributed by atoms with Gasteiger partial charge < -0.3 is 20.3 Å². The fourth-order valence-corrected chi connectivity index (χ4v) is 4.61. The third kappa shape index (κ3) is 5.83. The van der Waals surface area contributed by atoms with E-state index in [0.717, 1.165) is 36.9 Å². The van der Waals surface area contributed by atoms with Crippen molar-refractivity contribution in [1.29, 1.82) is 0 Å². The Labute approximate surface area is 194 Å². The zero-order valence-electron chi connectivity index (χ0n) is 19.5. The van der Waals surface area contributed by atoms with Crippen LogP contribution in [-0.2, 0) is 17.8 Å². The molecule has 0 bridgehead atoms. The van der Waals surface area contributed by atoms with E-state index >= 15 is 0 Å². The lowest BCUT2D eigenvalue weighted by Gasteiger charge is -2.30. The number of carbonyl (C=O) groups excluding carboxylic acids is 2. The summed E-state index contributed by atoms with van der Waals surface area (Å²) in [6.45, 7) is 6.28. The molecule has 1 aliphatic carbocycles. The van der Waals surface area contributed by atoms with Gasteiger partial charge in [-0.2, -0.15) is 0 Å². The molecule has 1 aliphatic heterocycles. The quantitative estimate of drug-likeness (QED) is 0.606. The van der Waals surface area contributed by atoms with Gasteiger partial charge in [-0.25, -0.2) is 14.0 Å². The number of amides is 3. The molecule has 33 heavy (non-hydrogen) atoms. The lowest BCUT2D eigenvalue weighted by Crippen LogP contribution is -2.40. The second kappa shape index (κ2) is 9.41. The Morgan fingerprint density at radius 2 is 1.70 bits per heavy atom. The van der Waals surface area contributed by atoms with Crippen molar-refractivity contribution in [2.45, 2.75) is 77.1 Å². The van der Waals surface area contributed by atoms with E-state index in [0.29, 0.717) is 18.0 Å². The van der Waals surface area contributed by atoms with Crippen LogP contribution in [0.5, 0.6) is 0 Å². The highest BCUT2D eigenvalue weighted by atomic mass is 19.1. The van der Waals surface area contributed by atoms with Crippen LogP contribution in [0.3, 0.4) is 0 Å². The van der Waals surface area contributed by atoms with Crippen molar-refractivity contribution < 1.29 is 18.7 Å². The number of halogens is 1. The van der Waals surface area contributed by atoms with Crippen molar-refractivity contribution in [3.05, 3.63) is 65.0 Å². The van der Waals surface area contributed by atoms with E-state index in [2.05, 4.69) is 22.8 Å². The fourth-order valence-electron chi connectivity index (χ4n) is 4.61. The molecule has 2 N–H and O–H groups in total. The van der Waals surface area contributed by atoms with Crippen LogP contribution in [0.25, 0.3) is 0 Å². The van der Waals surface area contributed by atoms with Crippen LogP contribution in [0.15, 0.2) is 42.5 Å². The van der Waals surface area contributed by atoms with Crippen molar-refractivity contribution >= 4 is 17.8 Å². The SMILES string of the molecule is CC(C)(C)OC(=O)NC1CCC(c2ccc(NC(=O)N3Cc4cccc(F)c4C3)cc2)CC1. The number of carbonyl (C=O) groups is 2. The first-order chi connectivity index (χ1) is 15.7. The van der Waals surface area contributed by atoms with E-state index in [1.807, 2.05) is 39.0 Å². The maximum absolute atomic E-state index is 13.9. The first-order valence-corrected chi connectivity index (χ1v) is 11.6. The van der Waals surface area contributed by atoms with Gasteiger partial charge in [0.1, 0.15) is 11.4 Å². The molecule has 1 saturated carbocycles. The Morgan fingerprint density at radius 1 is 1.00 bits per heavy atom. The summed E-state index contributed by atoms with van der Waals surface area (Å²) in [5.74, 6) is 0.172. The monoisotopic (exact) mass is 453 g/mol. The Balaban J connectivity index is 1.26. The number of fused-ring (bicyclic) bond motifs is 1. The highest BCUT2D eigenvalue weighted by Gasteiger charge is 2.27. The number of nitrogens with one attached hydrogen (secondary N) is 2. The van der Waals surface area contributed by atoms with Gasteiger partial charge in [0.15, 0.2) is 0 Å². The minimum atomic E-state index is -0.493. The minimum Gasteiger partial charge on any atom is -0.444 e. The number of rotatable bonds is 3. The van der Waals surface area contributed by atoms with Crippen LogP contribution >= 0.6 is 0 Å². The van der Waals surface area contributed by atoms with Crippen LogP contribution in [0.1, 0.15) is 69.1 Å². The standard InChI is InChI=1S/C26H32FN3O3/c1-26(2,3)33-25(32)29-21-13-9-18(10-14-21)17-7-11-20(12-8-17)28-24(31)30-15-19-5-4-6-23(27)22(19)16-30/h4-8,11-12,18,21H,9-10,13-16H2,1-3H3,(H,28,31)(H,29,32). The molecule has 0 aromatic heterocycles. The van der Waals surface area contributed by atoms with Crippen molar-refractivity contribution in [2.75, 3.05) is 5.32 Å². The molecule has 1 fully saturated rings. The number of urea groups is 1. The number of anilines is 1. The van der Waals surface area contributed by atoms with Crippen molar-refractivity contribution in [1.82, 2.24) is 10.2 Å². The molecule has 4 rings (SSSR count). The van der Waals surface area contributed by atoms with Gasteiger partial charge in [0, 0.05) is 23.8 Å². The molecule has 0 unspecified atom stereocenters. The third-order valence-corrected chi connectivity index (χ3v) is 6.29. The summed E-state index contributed by atoms with van der Waals surface area (Å²) in [7, 11) is 0. The van der Waals surface area contributed by atoms with Gasteiger partial charge in [-0.15, -0.1) is 0 Å². The highest BCUT2D eigenvalue weighted by molar-refractivity contribution is 5.89. The van der Waals surface area contributed by atoms with E-state index in [4.69, 9.17) is 4.74 Å². The first kappa shape index (κ1) is 23.1. The molecular weight excluding hydrogens is 421 g/mol. The molecule has 0 atom stereocenters. The third-order valence-electron chi connectivity index (χ3n) is 6.29. The molecule has 2 aliphatic rings. The van der Waals surface area contributed by atoms with E-state index in [1.165, 1.54) is 11.6 Å². The zero-order valence-corrected chi connectivity index (χ0v) is 19.5. The maximum Gasteiger partial charge on any atom is 0.407 e. The van der Waals surface area contributed by atoms with Gasteiger partial charge in [0.2, 0.25) is 0 Å². The molecule has 0 saturated heterocycles. The number of hydrogen-bond donors (Lipinski definition) is 2. The Morgan fingerprint density at radius 3 is 2.33 bits per heavy atom. The van der Waals surface area contributed by atoms with E-state index in [9.17, 15) is 14.0 Å². The van der Waals surface area contributed by atoms with Crippen LogP contribution in [0.4, 0.5) is 19.7 Å². The maximum atomic E-state index is 13.9. The van der Waals surface area contributed by atoms with Gasteiger partial charge in [-0.05, 0) is 81.7 Å². The van der Waals surface area contributed by atoms with Gasteiger partial charge in [0.25, 0.3) is 0 Å². The van der Waals surface area contributed by atoms with Crippen LogP contribution in [-0.4, -0.2) is 28.7 Å². The normalized spacial score (nSPS) is 20.2. The smallest absolute Gasteiger partial charge is 0.407 e. The Bertz CT molecular complexity index is 1010. The van der Waals surface area contributed by atoms with Gasteiger partial charge in [-0.3, -0.25) is 0 Å². The molecule has 1 heterocycles. The number of benzene rings is 2. The van der Waals surface area contributed by atoms with Gasteiger partial charge in [-0.1, -0.05) is 24.3 Å². The second-order valence-electron chi connectivity index (χ2n) is 9.98. The molecular formula is C26H32FN3O3. The summed E-state index contributed by atoms with van der Waals surface area (Å²) in [6, 6.07) is 12.8. The zero-order chi connectivity index (χ0) is 23.6. The van der Waals surface area contributed by atoms with E-state index in [1.54, 1.807) is 11.0 Å². The lowest BCUT2D eigenvalue weighted by molar-refractivity contribution is 0.0491. The van der Waals surface area contributed by atoms with E-state index in [-0.39, 0.29) is 30.5 Å². The summed E-state index contributed by atoms with van der Waals surface area (Å²) in [5.41, 5.74) is 2.92. The van der Waals surface area contributed by atoms with Crippen molar-refractivity contribution in [2.24, 2.45) is 0 Å². The summed E-state index contributed by atoms with van der Waals surface area (Å²) < 4.78 is 19.3. The molecule has 2 aromatic carbocycles. The number of alkyl carbamates (subject to hydrolysis) is 1. The van der Waals surface area contributed by atoms with Gasteiger partial charge in [0.05, 0.1) is 6.54 Å². The summed E-state index contributed by atoms with van der Waals surface area (Å²) in [4.78, 5) is 26.2. The predicted octanol–water partition coefficient (Wildman–Crippen LogP) is 5.92. The topological polar surface area (TPSA) is 70.7 Å². The van der Waals surface area contributed by atoms with Crippen LogP contribution in [0, 0.1) is 5.82 Å².